The molecular formula is C24H29N3O5. The van der Waals surface area contributed by atoms with Crippen LogP contribution in [0.5, 0.6) is 5.75 Å². The van der Waals surface area contributed by atoms with Crippen LogP contribution < -0.4 is 10.2 Å². The van der Waals surface area contributed by atoms with Crippen LogP contribution in [0.4, 0.5) is 0 Å². The number of nitroso groups, excluding NO2 is 1. The number of pyridine rings is 2. The maximum absolute atomic E-state index is 12.7. The molecule has 0 saturated heterocycles. The molecule has 1 fully saturated rings. The third-order valence-electron chi connectivity index (χ3n) is 6.76. The molecule has 1 atom stereocenters. The summed E-state index contributed by atoms with van der Waals surface area (Å²) in [6.45, 7) is 7.47. The summed E-state index contributed by atoms with van der Waals surface area (Å²) in [6.07, 6.45) is 5.06. The Morgan fingerprint density at radius 1 is 1.31 bits per heavy atom. The van der Waals surface area contributed by atoms with Crippen LogP contribution in [0.25, 0.3) is 11.4 Å². The second-order valence-electron chi connectivity index (χ2n) is 9.24. The summed E-state index contributed by atoms with van der Waals surface area (Å²) in [7, 11) is 1.67. The van der Waals surface area contributed by atoms with Gasteiger partial charge in [-0.15, -0.1) is 4.91 Å². The molecule has 4 rings (SSSR count). The fraction of sp³-hybridized carbons (Fsp3) is 0.542. The van der Waals surface area contributed by atoms with Crippen molar-refractivity contribution in [2.24, 2.45) is 11.1 Å². The van der Waals surface area contributed by atoms with Gasteiger partial charge in [0.25, 0.3) is 0 Å². The highest BCUT2D eigenvalue weighted by atomic mass is 16.5. The summed E-state index contributed by atoms with van der Waals surface area (Å²) in [4.78, 5) is 40.5. The first-order chi connectivity index (χ1) is 15.3. The number of carbonyl (C=O) groups excluding carboxylic acids is 1. The monoisotopic (exact) mass is 439 g/mol. The Morgan fingerprint density at radius 2 is 2.06 bits per heavy atom. The molecule has 3 heterocycles. The Labute approximate surface area is 186 Å². The predicted octanol–water partition coefficient (Wildman–Crippen LogP) is 4.04. The first kappa shape index (κ1) is 22.3. The molecule has 2 aliphatic rings. The Bertz CT molecular complexity index is 1120. The summed E-state index contributed by atoms with van der Waals surface area (Å²) >= 11 is 0. The Morgan fingerprint density at radius 3 is 2.69 bits per heavy atom. The standard InChI is InChI=1S/C24H29N3O5/c1-14(2)24(3)12-16-10-20(32-9-5-8-31-4)22(15-6-7-15)25-21(16)18-11-19(28)17(13-27(18)24)23(29)26-30/h10-11,13-15H,5-9,12H2,1-4H3. The van der Waals surface area contributed by atoms with E-state index in [-0.39, 0.29) is 11.5 Å². The highest BCUT2D eigenvalue weighted by Gasteiger charge is 2.40. The zero-order valence-electron chi connectivity index (χ0n) is 19.0. The predicted molar refractivity (Wildman–Crippen MR) is 120 cm³/mol. The van der Waals surface area contributed by atoms with Crippen LogP contribution in [0.1, 0.15) is 67.6 Å². The lowest BCUT2D eigenvalue weighted by molar-refractivity contribution is 0.0997. The zero-order valence-corrected chi connectivity index (χ0v) is 19.0. The highest BCUT2D eigenvalue weighted by Crippen LogP contribution is 2.47. The summed E-state index contributed by atoms with van der Waals surface area (Å²) in [5, 5.41) is 2.46. The van der Waals surface area contributed by atoms with Crippen molar-refractivity contribution in [1.29, 1.82) is 0 Å². The summed E-state index contributed by atoms with van der Waals surface area (Å²) < 4.78 is 13.2. The van der Waals surface area contributed by atoms with Crippen LogP contribution in [0.15, 0.2) is 28.3 Å². The van der Waals surface area contributed by atoms with Crippen LogP contribution in [0.2, 0.25) is 0 Å². The maximum atomic E-state index is 12.7. The van der Waals surface area contributed by atoms with Crippen molar-refractivity contribution in [3.8, 4) is 17.1 Å². The lowest BCUT2D eigenvalue weighted by Gasteiger charge is -2.42. The van der Waals surface area contributed by atoms with Crippen LogP contribution in [0, 0.1) is 10.8 Å². The number of carbonyl (C=O) groups is 1. The van der Waals surface area contributed by atoms with Gasteiger partial charge in [0.2, 0.25) is 0 Å². The third-order valence-corrected chi connectivity index (χ3v) is 6.76. The first-order valence-corrected chi connectivity index (χ1v) is 11.1. The van der Waals surface area contributed by atoms with Gasteiger partial charge in [0.15, 0.2) is 5.43 Å². The summed E-state index contributed by atoms with van der Waals surface area (Å²) in [6, 6.07) is 3.49. The number of aromatic nitrogens is 2. The van der Waals surface area contributed by atoms with E-state index in [4.69, 9.17) is 14.5 Å². The van der Waals surface area contributed by atoms with E-state index in [1.165, 1.54) is 12.3 Å². The van der Waals surface area contributed by atoms with Gasteiger partial charge in [-0.3, -0.25) is 9.59 Å². The second kappa shape index (κ2) is 8.58. The number of fused-ring (bicyclic) bond motifs is 3. The molecule has 1 unspecified atom stereocenters. The average molecular weight is 440 g/mol. The quantitative estimate of drug-likeness (QED) is 0.455. The fourth-order valence-corrected chi connectivity index (χ4v) is 4.36. The Kier molecular flexibility index (Phi) is 5.99. The molecule has 1 aliphatic heterocycles. The van der Waals surface area contributed by atoms with Crippen molar-refractivity contribution in [3.63, 3.8) is 0 Å². The number of rotatable bonds is 8. The van der Waals surface area contributed by atoms with E-state index < -0.39 is 16.9 Å². The zero-order chi connectivity index (χ0) is 23.0. The van der Waals surface area contributed by atoms with Gasteiger partial charge in [-0.25, -0.2) is 4.98 Å². The maximum Gasteiger partial charge on any atom is 0.322 e. The number of methoxy groups -OCH3 is 1. The van der Waals surface area contributed by atoms with Gasteiger partial charge in [0, 0.05) is 49.0 Å². The largest absolute Gasteiger partial charge is 0.492 e. The van der Waals surface area contributed by atoms with E-state index >= 15 is 0 Å². The normalized spacial score (nSPS) is 19.4. The van der Waals surface area contributed by atoms with Gasteiger partial charge in [-0.05, 0) is 43.7 Å². The molecule has 0 spiro atoms. The van der Waals surface area contributed by atoms with E-state index in [2.05, 4.69) is 32.0 Å². The van der Waals surface area contributed by atoms with Gasteiger partial charge in [-0.1, -0.05) is 13.8 Å². The molecule has 1 amide bonds. The fourth-order valence-electron chi connectivity index (χ4n) is 4.36. The summed E-state index contributed by atoms with van der Waals surface area (Å²) in [5.41, 5.74) is 2.17. The minimum absolute atomic E-state index is 0.179. The van der Waals surface area contributed by atoms with Gasteiger partial charge < -0.3 is 14.0 Å². The van der Waals surface area contributed by atoms with E-state index in [9.17, 15) is 14.5 Å². The number of hydrogen-bond donors (Lipinski definition) is 0. The minimum atomic E-state index is -1.05. The Hall–Kier alpha value is -2.87. The van der Waals surface area contributed by atoms with Crippen LogP contribution in [0.3, 0.4) is 0 Å². The van der Waals surface area contributed by atoms with Gasteiger partial charge in [-0.2, -0.15) is 0 Å². The Balaban J connectivity index is 1.87. The number of hydrogen-bond acceptors (Lipinski definition) is 6. The third kappa shape index (κ3) is 3.88. The summed E-state index contributed by atoms with van der Waals surface area (Å²) in [5.74, 6) is 0.296. The molecule has 1 saturated carbocycles. The van der Waals surface area contributed by atoms with Crippen molar-refractivity contribution >= 4 is 5.91 Å². The lowest BCUT2D eigenvalue weighted by atomic mass is 9.78. The SMILES string of the molecule is COCCCOc1cc2c(nc1C1CC1)-c1cc(=O)c(C(=O)N=O)cn1C(C)(C(C)C)C2. The van der Waals surface area contributed by atoms with Crippen molar-refractivity contribution in [2.75, 3.05) is 20.3 Å². The van der Waals surface area contributed by atoms with Crippen molar-refractivity contribution in [1.82, 2.24) is 9.55 Å². The first-order valence-electron chi connectivity index (χ1n) is 11.1. The molecule has 0 bridgehead atoms. The minimum Gasteiger partial charge on any atom is -0.492 e. The second-order valence-corrected chi connectivity index (χ2v) is 9.24. The van der Waals surface area contributed by atoms with Crippen LogP contribution in [-0.2, 0) is 16.7 Å². The molecule has 8 heteroatoms. The lowest BCUT2D eigenvalue weighted by Crippen LogP contribution is -2.43. The number of ether oxygens (including phenoxy) is 2. The van der Waals surface area contributed by atoms with Gasteiger partial charge in [0.1, 0.15) is 11.3 Å². The van der Waals surface area contributed by atoms with E-state index in [1.54, 1.807) is 7.11 Å². The molecule has 170 valence electrons. The van der Waals surface area contributed by atoms with Crippen molar-refractivity contribution in [2.45, 2.75) is 57.9 Å². The molecule has 2 aromatic heterocycles. The van der Waals surface area contributed by atoms with Gasteiger partial charge >= 0.3 is 5.91 Å². The molecule has 1 aliphatic carbocycles. The number of amides is 1. The molecule has 32 heavy (non-hydrogen) atoms. The van der Waals surface area contributed by atoms with Crippen molar-refractivity contribution in [3.05, 3.63) is 50.3 Å². The highest BCUT2D eigenvalue weighted by molar-refractivity contribution is 5.94. The molecular weight excluding hydrogens is 410 g/mol. The van der Waals surface area contributed by atoms with Crippen LogP contribution >= 0.6 is 0 Å². The average Bonchev–Trinajstić information content (AvgIpc) is 3.60. The molecule has 2 aromatic rings. The topological polar surface area (TPSA) is 99.9 Å². The van der Waals surface area contributed by atoms with E-state index in [0.29, 0.717) is 31.2 Å². The molecule has 8 nitrogen and oxygen atoms in total. The van der Waals surface area contributed by atoms with Gasteiger partial charge in [0.05, 0.1) is 23.7 Å². The van der Waals surface area contributed by atoms with E-state index in [0.717, 1.165) is 42.0 Å². The molecule has 0 N–H and O–H groups in total. The molecule has 0 radical (unpaired) electrons. The van der Waals surface area contributed by atoms with Crippen molar-refractivity contribution < 1.29 is 14.3 Å². The molecule has 0 aromatic carbocycles. The number of nitrogens with zero attached hydrogens (tertiary/aromatic N) is 3. The van der Waals surface area contributed by atoms with E-state index in [1.807, 2.05) is 4.57 Å². The smallest absolute Gasteiger partial charge is 0.322 e. The van der Waals surface area contributed by atoms with Crippen LogP contribution in [-0.4, -0.2) is 35.8 Å².